The van der Waals surface area contributed by atoms with Gasteiger partial charge in [0.25, 0.3) is 0 Å². The van der Waals surface area contributed by atoms with Crippen molar-refractivity contribution >= 4 is 12.6 Å². The molecule has 100 valence electrons. The first-order chi connectivity index (χ1) is 8.27. The summed E-state index contributed by atoms with van der Waals surface area (Å²) in [5.41, 5.74) is 0. The average molecular weight is 254 g/mol. The van der Waals surface area contributed by atoms with Gasteiger partial charge in [0.1, 0.15) is 0 Å². The molecule has 0 aromatic rings. The normalized spacial score (nSPS) is 40.6. The molecule has 0 nitrogen and oxygen atoms in total. The van der Waals surface area contributed by atoms with Gasteiger partial charge in [0, 0.05) is 5.25 Å². The smallest absolute Gasteiger partial charge is 0.00451 e. The third kappa shape index (κ3) is 4.19. The van der Waals surface area contributed by atoms with Gasteiger partial charge in [-0.3, -0.25) is 0 Å². The fraction of sp³-hybridized carbons (Fsp3) is 1.00. The van der Waals surface area contributed by atoms with Crippen molar-refractivity contribution in [2.75, 3.05) is 0 Å². The summed E-state index contributed by atoms with van der Waals surface area (Å²) in [6.45, 7) is 2.50. The van der Waals surface area contributed by atoms with Crippen LogP contribution in [0.5, 0.6) is 0 Å². The van der Waals surface area contributed by atoms with Crippen LogP contribution in [0.3, 0.4) is 0 Å². The van der Waals surface area contributed by atoms with E-state index in [9.17, 15) is 0 Å². The zero-order valence-electron chi connectivity index (χ0n) is 11.5. The summed E-state index contributed by atoms with van der Waals surface area (Å²) < 4.78 is 0. The molecule has 1 heteroatoms. The maximum Gasteiger partial charge on any atom is 0.00451 e. The zero-order valence-corrected chi connectivity index (χ0v) is 12.4. The van der Waals surface area contributed by atoms with Gasteiger partial charge in [-0.25, -0.2) is 0 Å². The topological polar surface area (TPSA) is 0 Å². The molecule has 0 N–H and O–H groups in total. The molecule has 0 aliphatic heterocycles. The van der Waals surface area contributed by atoms with Crippen LogP contribution in [-0.2, 0) is 0 Å². The van der Waals surface area contributed by atoms with Crippen molar-refractivity contribution in [1.29, 1.82) is 0 Å². The Morgan fingerprint density at radius 3 is 2.12 bits per heavy atom. The summed E-state index contributed by atoms with van der Waals surface area (Å²) in [7, 11) is 0. The third-order valence-electron chi connectivity index (χ3n) is 5.26. The van der Waals surface area contributed by atoms with Crippen molar-refractivity contribution in [3.05, 3.63) is 0 Å². The molecule has 0 aromatic carbocycles. The van der Waals surface area contributed by atoms with E-state index in [4.69, 9.17) is 12.6 Å². The maximum atomic E-state index is 4.88. The van der Waals surface area contributed by atoms with Crippen molar-refractivity contribution in [2.45, 2.75) is 82.8 Å². The molecule has 0 bridgehead atoms. The average Bonchev–Trinajstić information content (AvgIpc) is 2.63. The molecule has 4 unspecified atom stereocenters. The van der Waals surface area contributed by atoms with E-state index < -0.39 is 0 Å². The van der Waals surface area contributed by atoms with Crippen LogP contribution in [0, 0.1) is 17.8 Å². The molecule has 17 heavy (non-hydrogen) atoms. The van der Waals surface area contributed by atoms with Gasteiger partial charge >= 0.3 is 0 Å². The monoisotopic (exact) mass is 254 g/mol. The maximum absolute atomic E-state index is 4.88. The molecule has 2 saturated carbocycles. The second kappa shape index (κ2) is 7.07. The highest BCUT2D eigenvalue weighted by atomic mass is 32.1. The highest BCUT2D eigenvalue weighted by Crippen LogP contribution is 2.38. The van der Waals surface area contributed by atoms with Gasteiger partial charge in [-0.05, 0) is 37.0 Å². The quantitative estimate of drug-likeness (QED) is 0.490. The van der Waals surface area contributed by atoms with Crippen molar-refractivity contribution in [3.8, 4) is 0 Å². The summed E-state index contributed by atoms with van der Waals surface area (Å²) in [6.07, 6.45) is 16.1. The SMILES string of the molecule is CC1CCCCCC1CC1CCCCCC1S. The van der Waals surface area contributed by atoms with Crippen LogP contribution in [0.4, 0.5) is 0 Å². The van der Waals surface area contributed by atoms with Gasteiger partial charge in [0.2, 0.25) is 0 Å². The van der Waals surface area contributed by atoms with Crippen LogP contribution in [0.2, 0.25) is 0 Å². The zero-order chi connectivity index (χ0) is 12.1. The Morgan fingerprint density at radius 2 is 1.35 bits per heavy atom. The van der Waals surface area contributed by atoms with Crippen LogP contribution >= 0.6 is 12.6 Å². The number of hydrogen-bond acceptors (Lipinski definition) is 1. The molecule has 4 atom stereocenters. The van der Waals surface area contributed by atoms with Crippen LogP contribution in [0.15, 0.2) is 0 Å². The summed E-state index contributed by atoms with van der Waals surface area (Å²) in [6, 6.07) is 0. The molecule has 0 aromatic heterocycles. The summed E-state index contributed by atoms with van der Waals surface area (Å²) >= 11 is 4.88. The second-order valence-electron chi connectivity index (χ2n) is 6.58. The van der Waals surface area contributed by atoms with E-state index in [0.717, 1.165) is 17.8 Å². The molecule has 2 aliphatic rings. The molecule has 2 aliphatic carbocycles. The van der Waals surface area contributed by atoms with Crippen LogP contribution in [0.25, 0.3) is 0 Å². The van der Waals surface area contributed by atoms with E-state index in [0.29, 0.717) is 5.25 Å². The van der Waals surface area contributed by atoms with Crippen molar-refractivity contribution < 1.29 is 0 Å². The molecule has 2 fully saturated rings. The Kier molecular flexibility index (Phi) is 5.72. The third-order valence-corrected chi connectivity index (χ3v) is 5.94. The van der Waals surface area contributed by atoms with Crippen molar-refractivity contribution in [1.82, 2.24) is 0 Å². The van der Waals surface area contributed by atoms with Gasteiger partial charge in [-0.1, -0.05) is 58.3 Å². The Balaban J connectivity index is 1.88. The Morgan fingerprint density at radius 1 is 0.765 bits per heavy atom. The Bertz CT molecular complexity index is 192. The highest BCUT2D eigenvalue weighted by molar-refractivity contribution is 7.81. The first kappa shape index (κ1) is 13.8. The van der Waals surface area contributed by atoms with Gasteiger partial charge < -0.3 is 0 Å². The van der Waals surface area contributed by atoms with E-state index in [2.05, 4.69) is 6.92 Å². The number of thiol groups is 1. The molecule has 0 radical (unpaired) electrons. The van der Waals surface area contributed by atoms with E-state index in [1.54, 1.807) is 0 Å². The van der Waals surface area contributed by atoms with Gasteiger partial charge in [0.05, 0.1) is 0 Å². The Labute approximate surface area is 113 Å². The molecule has 0 amide bonds. The summed E-state index contributed by atoms with van der Waals surface area (Å²) in [5.74, 6) is 2.91. The predicted molar refractivity (Wildman–Crippen MR) is 79.7 cm³/mol. The first-order valence-corrected chi connectivity index (χ1v) is 8.47. The molecule has 2 rings (SSSR count). The lowest BCUT2D eigenvalue weighted by molar-refractivity contribution is 0.257. The summed E-state index contributed by atoms with van der Waals surface area (Å²) in [4.78, 5) is 0. The van der Waals surface area contributed by atoms with Gasteiger partial charge in [-0.15, -0.1) is 0 Å². The van der Waals surface area contributed by atoms with E-state index in [-0.39, 0.29) is 0 Å². The lowest BCUT2D eigenvalue weighted by atomic mass is 9.80. The van der Waals surface area contributed by atoms with Crippen molar-refractivity contribution in [3.63, 3.8) is 0 Å². The van der Waals surface area contributed by atoms with Crippen LogP contribution in [0.1, 0.15) is 77.6 Å². The minimum atomic E-state index is 0.702. The molecule has 0 spiro atoms. The predicted octanol–water partition coefficient (Wildman–Crippen LogP) is 5.47. The van der Waals surface area contributed by atoms with Gasteiger partial charge in [0.15, 0.2) is 0 Å². The highest BCUT2D eigenvalue weighted by Gasteiger charge is 2.27. The first-order valence-electron chi connectivity index (χ1n) is 7.95. The van der Waals surface area contributed by atoms with Gasteiger partial charge in [-0.2, -0.15) is 12.6 Å². The fourth-order valence-corrected chi connectivity index (χ4v) is 4.40. The molecular weight excluding hydrogens is 224 g/mol. The second-order valence-corrected chi connectivity index (χ2v) is 7.24. The Hall–Kier alpha value is 0.350. The lowest BCUT2D eigenvalue weighted by Gasteiger charge is -2.29. The molecular formula is C16H30S. The number of rotatable bonds is 2. The number of hydrogen-bond donors (Lipinski definition) is 1. The summed E-state index contributed by atoms with van der Waals surface area (Å²) in [5, 5.41) is 0.702. The minimum Gasteiger partial charge on any atom is -0.176 e. The van der Waals surface area contributed by atoms with Crippen molar-refractivity contribution in [2.24, 2.45) is 17.8 Å². The largest absolute Gasteiger partial charge is 0.176 e. The van der Waals surface area contributed by atoms with E-state index in [1.807, 2.05) is 0 Å². The molecule has 0 heterocycles. The lowest BCUT2D eigenvalue weighted by Crippen LogP contribution is -2.21. The van der Waals surface area contributed by atoms with E-state index >= 15 is 0 Å². The minimum absolute atomic E-state index is 0.702. The van der Waals surface area contributed by atoms with E-state index in [1.165, 1.54) is 70.6 Å². The van der Waals surface area contributed by atoms with Crippen LogP contribution in [-0.4, -0.2) is 5.25 Å². The fourth-order valence-electron chi connectivity index (χ4n) is 3.95. The standard InChI is InChI=1S/C16H30S/c1-13-8-4-2-5-9-14(13)12-15-10-6-3-7-11-16(15)17/h13-17H,2-12H2,1H3. The van der Waals surface area contributed by atoms with Crippen LogP contribution < -0.4 is 0 Å². The molecule has 0 saturated heterocycles.